The van der Waals surface area contributed by atoms with Gasteiger partial charge in [-0.2, -0.15) is 0 Å². The van der Waals surface area contributed by atoms with E-state index in [4.69, 9.17) is 10.5 Å². The molecule has 0 spiro atoms. The minimum absolute atomic E-state index is 0.00356. The van der Waals surface area contributed by atoms with Crippen molar-refractivity contribution in [2.45, 2.75) is 117 Å². The number of thiazole rings is 1. The van der Waals surface area contributed by atoms with Crippen molar-refractivity contribution >= 4 is 40.7 Å². The average molecular weight is 685 g/mol. The zero-order valence-corrected chi connectivity index (χ0v) is 30.8. The topological polar surface area (TPSA) is 147 Å². The average Bonchev–Trinajstić information content (AvgIpc) is 3.55. The first-order chi connectivity index (χ1) is 22.7. The molecule has 12 heteroatoms. The van der Waals surface area contributed by atoms with Crippen LogP contribution < -0.4 is 16.4 Å². The maximum absolute atomic E-state index is 14.1. The van der Waals surface area contributed by atoms with E-state index in [-0.39, 0.29) is 59.8 Å². The number of piperidine rings is 1. The quantitative estimate of drug-likeness (QED) is 0.166. The Balaban J connectivity index is 1.77. The molecule has 1 saturated heterocycles. The van der Waals surface area contributed by atoms with Crippen LogP contribution in [0.3, 0.4) is 0 Å². The van der Waals surface area contributed by atoms with Crippen LogP contribution in [0.15, 0.2) is 29.6 Å². The Bertz CT molecular complexity index is 1360. The van der Waals surface area contributed by atoms with Gasteiger partial charge in [0.15, 0.2) is 6.10 Å². The molecule has 2 heterocycles. The number of anilines is 1. The maximum Gasteiger partial charge on any atom is 0.303 e. The van der Waals surface area contributed by atoms with Crippen molar-refractivity contribution in [1.82, 2.24) is 25.4 Å². The molecule has 266 valence electrons. The molecule has 1 aromatic carbocycles. The zero-order valence-electron chi connectivity index (χ0n) is 30.0. The number of amides is 3. The number of likely N-dealkylation sites (tertiary alicyclic amines) is 1. The summed E-state index contributed by atoms with van der Waals surface area (Å²) in [6.07, 6.45) is 4.45. The molecule has 0 bridgehead atoms. The van der Waals surface area contributed by atoms with Crippen LogP contribution in [0.1, 0.15) is 107 Å². The number of ether oxygens (including phenoxy) is 1. The van der Waals surface area contributed by atoms with Crippen LogP contribution >= 0.6 is 11.3 Å². The first kappa shape index (κ1) is 38.9. The molecule has 6 atom stereocenters. The van der Waals surface area contributed by atoms with Gasteiger partial charge in [0.05, 0.1) is 6.04 Å². The van der Waals surface area contributed by atoms with Gasteiger partial charge in [-0.05, 0) is 68.8 Å². The summed E-state index contributed by atoms with van der Waals surface area (Å²) in [4.78, 5) is 61.4. The highest BCUT2D eigenvalue weighted by Gasteiger charge is 2.37. The maximum atomic E-state index is 14.1. The number of rotatable bonds is 16. The SMILES string of the molecule is CC[C@H](Cc1ccc(N)cc1)NC(=O)c1csc([C@@H](C[C@H](C(C)C)N(C)C(=O)[C@@H](NC(=O)[C@H]2CCCCN2C)[C@@H](C)CC)OC(C)=O)n1. The molecule has 11 nitrogen and oxygen atoms in total. The number of benzene rings is 1. The molecule has 1 aliphatic rings. The van der Waals surface area contributed by atoms with Gasteiger partial charge in [-0.3, -0.25) is 24.1 Å². The minimum Gasteiger partial charge on any atom is -0.455 e. The van der Waals surface area contributed by atoms with Gasteiger partial charge in [-0.25, -0.2) is 4.98 Å². The van der Waals surface area contributed by atoms with Crippen LogP contribution in [-0.2, 0) is 25.5 Å². The van der Waals surface area contributed by atoms with E-state index in [0.29, 0.717) is 17.1 Å². The number of carbonyl (C=O) groups is 4. The van der Waals surface area contributed by atoms with Crippen LogP contribution in [0, 0.1) is 11.8 Å². The third-order valence-electron chi connectivity index (χ3n) is 9.55. The van der Waals surface area contributed by atoms with E-state index < -0.39 is 18.1 Å². The summed E-state index contributed by atoms with van der Waals surface area (Å²) in [7, 11) is 3.70. The van der Waals surface area contributed by atoms with Gasteiger partial charge in [0.2, 0.25) is 11.8 Å². The third kappa shape index (κ3) is 10.7. The van der Waals surface area contributed by atoms with E-state index >= 15 is 0 Å². The Morgan fingerprint density at radius 3 is 2.35 bits per heavy atom. The predicted octanol–water partition coefficient (Wildman–Crippen LogP) is 4.97. The second kappa shape index (κ2) is 18.3. The molecule has 3 rings (SSSR count). The lowest BCUT2D eigenvalue weighted by atomic mass is 9.92. The summed E-state index contributed by atoms with van der Waals surface area (Å²) in [6.45, 7) is 12.2. The third-order valence-corrected chi connectivity index (χ3v) is 10.5. The predicted molar refractivity (Wildman–Crippen MR) is 190 cm³/mol. The molecular weight excluding hydrogens is 629 g/mol. The molecule has 0 saturated carbocycles. The molecule has 48 heavy (non-hydrogen) atoms. The highest BCUT2D eigenvalue weighted by molar-refractivity contribution is 7.09. The normalized spacial score (nSPS) is 18.3. The van der Waals surface area contributed by atoms with Gasteiger partial charge in [0.1, 0.15) is 16.7 Å². The summed E-state index contributed by atoms with van der Waals surface area (Å²) >= 11 is 1.25. The molecular formula is C36H56N6O5S. The Hall–Kier alpha value is -3.51. The van der Waals surface area contributed by atoms with Crippen molar-refractivity contribution in [2.75, 3.05) is 26.4 Å². The molecule has 0 unspecified atom stereocenters. The van der Waals surface area contributed by atoms with Crippen molar-refractivity contribution in [3.63, 3.8) is 0 Å². The molecule has 1 fully saturated rings. The van der Waals surface area contributed by atoms with Crippen LogP contribution in [-0.4, -0.2) is 83.3 Å². The summed E-state index contributed by atoms with van der Waals surface area (Å²) in [5, 5.41) is 8.33. The lowest BCUT2D eigenvalue weighted by molar-refractivity contribution is -0.149. The fraction of sp³-hybridized carbons (Fsp3) is 0.639. The number of hydrogen-bond donors (Lipinski definition) is 3. The standard InChI is InChI=1S/C36H56N6O5S/c1-9-23(5)32(40-34(45)29-13-11-12-18-41(29)7)36(46)42(8)30(22(3)4)20-31(47-24(6)43)35-39-28(21-48-35)33(44)38-27(10-2)19-25-14-16-26(37)17-15-25/h14-17,21-23,27,29-32H,9-13,18-20,37H2,1-8H3,(H,38,44)(H,40,45)/t23-,27+,29+,30+,31+,32-/m0/s1. The van der Waals surface area contributed by atoms with Crippen molar-refractivity contribution < 1.29 is 23.9 Å². The zero-order chi connectivity index (χ0) is 35.5. The fourth-order valence-electron chi connectivity index (χ4n) is 6.25. The number of esters is 1. The van der Waals surface area contributed by atoms with Crippen LogP contribution in [0.2, 0.25) is 0 Å². The number of nitrogen functional groups attached to an aromatic ring is 1. The van der Waals surface area contributed by atoms with Gasteiger partial charge in [0.25, 0.3) is 5.91 Å². The fourth-order valence-corrected chi connectivity index (χ4v) is 7.09. The first-order valence-corrected chi connectivity index (χ1v) is 18.2. The summed E-state index contributed by atoms with van der Waals surface area (Å²) in [5.74, 6) is -1.16. The van der Waals surface area contributed by atoms with Crippen molar-refractivity contribution in [1.29, 1.82) is 0 Å². The number of nitrogens with zero attached hydrogens (tertiary/aromatic N) is 3. The van der Waals surface area contributed by atoms with Crippen LogP contribution in [0.25, 0.3) is 0 Å². The molecule has 0 radical (unpaired) electrons. The number of hydrogen-bond acceptors (Lipinski definition) is 9. The van der Waals surface area contributed by atoms with E-state index in [1.807, 2.05) is 65.9 Å². The number of likely N-dealkylation sites (N-methyl/N-ethyl adjacent to an activating group) is 2. The van der Waals surface area contributed by atoms with E-state index in [0.717, 1.165) is 44.2 Å². The second-order valence-corrected chi connectivity index (χ2v) is 14.4. The lowest BCUT2D eigenvalue weighted by Crippen LogP contribution is -2.58. The van der Waals surface area contributed by atoms with E-state index in [9.17, 15) is 19.2 Å². The van der Waals surface area contributed by atoms with Gasteiger partial charge in [0, 0.05) is 43.5 Å². The van der Waals surface area contributed by atoms with Crippen LogP contribution in [0.4, 0.5) is 5.69 Å². The summed E-state index contributed by atoms with van der Waals surface area (Å²) < 4.78 is 5.77. The van der Waals surface area contributed by atoms with E-state index in [2.05, 4.69) is 20.5 Å². The molecule has 1 aromatic heterocycles. The largest absolute Gasteiger partial charge is 0.455 e. The van der Waals surface area contributed by atoms with Crippen molar-refractivity contribution in [3.05, 3.63) is 45.9 Å². The first-order valence-electron chi connectivity index (χ1n) is 17.3. The number of aromatic nitrogens is 1. The Labute approximate surface area is 290 Å². The smallest absolute Gasteiger partial charge is 0.303 e. The summed E-state index contributed by atoms with van der Waals surface area (Å²) in [5.41, 5.74) is 7.82. The van der Waals surface area contributed by atoms with Crippen molar-refractivity contribution in [2.24, 2.45) is 11.8 Å². The number of carbonyl (C=O) groups excluding carboxylic acids is 4. The number of nitrogens with two attached hydrogens (primary N) is 1. The number of nitrogens with one attached hydrogen (secondary N) is 2. The van der Waals surface area contributed by atoms with Crippen LogP contribution in [0.5, 0.6) is 0 Å². The Morgan fingerprint density at radius 2 is 1.77 bits per heavy atom. The van der Waals surface area contributed by atoms with Gasteiger partial charge >= 0.3 is 5.97 Å². The second-order valence-electron chi connectivity index (χ2n) is 13.6. The lowest BCUT2D eigenvalue weighted by Gasteiger charge is -2.38. The highest BCUT2D eigenvalue weighted by Crippen LogP contribution is 2.31. The highest BCUT2D eigenvalue weighted by atomic mass is 32.1. The van der Waals surface area contributed by atoms with Gasteiger partial charge in [-0.1, -0.05) is 59.6 Å². The molecule has 1 aliphatic heterocycles. The van der Waals surface area contributed by atoms with Gasteiger partial charge < -0.3 is 26.0 Å². The van der Waals surface area contributed by atoms with E-state index in [1.165, 1.54) is 18.3 Å². The summed E-state index contributed by atoms with van der Waals surface area (Å²) in [6, 6.07) is 6.22. The molecule has 0 aliphatic carbocycles. The van der Waals surface area contributed by atoms with Gasteiger partial charge in [-0.15, -0.1) is 11.3 Å². The van der Waals surface area contributed by atoms with Crippen molar-refractivity contribution in [3.8, 4) is 0 Å². The molecule has 4 N–H and O–H groups in total. The molecule has 3 amide bonds. The Kier molecular flexibility index (Phi) is 14.8. The van der Waals surface area contributed by atoms with E-state index in [1.54, 1.807) is 17.3 Å². The monoisotopic (exact) mass is 684 g/mol. The Morgan fingerprint density at radius 1 is 1.08 bits per heavy atom. The minimum atomic E-state index is -0.763. The molecule has 2 aromatic rings.